The molecule has 0 aromatic rings. The maximum absolute atomic E-state index is 13.8. The molecule has 250 valence electrons. The van der Waals surface area contributed by atoms with Crippen LogP contribution in [0.1, 0.15) is 149 Å². The number of carbonyl (C=O) groups is 3. The van der Waals surface area contributed by atoms with Crippen LogP contribution in [0.5, 0.6) is 0 Å². The van der Waals surface area contributed by atoms with E-state index < -0.39 is 5.92 Å². The van der Waals surface area contributed by atoms with E-state index in [4.69, 9.17) is 4.74 Å². The first-order chi connectivity index (χ1) is 21.7. The summed E-state index contributed by atoms with van der Waals surface area (Å²) < 4.78 is 6.44. The molecule has 0 radical (unpaired) electrons. The molecule has 4 aliphatic carbocycles. The summed E-state index contributed by atoms with van der Waals surface area (Å²) in [5.74, 6) is 1.01. The van der Waals surface area contributed by atoms with E-state index in [1.165, 1.54) is 31.3 Å². The quantitative estimate of drug-likeness (QED) is 0.0589. The fourth-order valence-electron chi connectivity index (χ4n) is 9.61. The SMILES string of the molecule is C=CCCCCCCCCC(=O)C(CCCCCCCC=C)C(=O)O[C@H]1CC[C@H]2[C@@H]3CCC4=CC(=O)C=C[C@]4(C)[C@H]3CC[C@]12C. The van der Waals surface area contributed by atoms with Crippen molar-refractivity contribution >= 4 is 17.5 Å². The van der Waals surface area contributed by atoms with Crippen molar-refractivity contribution in [2.45, 2.75) is 155 Å². The standard InChI is InChI=1S/C41H62O4/c1-5-7-9-11-13-15-17-19-21-37(43)34(20-18-16-14-12-10-8-6-2)39(44)45-38-25-24-35-33-23-22-31-30-32(42)26-28-40(31,3)36(33)27-29-41(35,38)4/h5-6,26,28,30,33-36,38H,1-2,7-25,27,29H2,3-4H3/t33-,34?,35-,36-,38-,40-,41-/m0/s1. The molecule has 0 spiro atoms. The lowest BCUT2D eigenvalue weighted by Crippen LogP contribution is -2.51. The fourth-order valence-corrected chi connectivity index (χ4v) is 9.61. The monoisotopic (exact) mass is 618 g/mol. The smallest absolute Gasteiger partial charge is 0.316 e. The van der Waals surface area contributed by atoms with E-state index in [2.05, 4.69) is 33.1 Å². The van der Waals surface area contributed by atoms with Gasteiger partial charge >= 0.3 is 5.97 Å². The highest BCUT2D eigenvalue weighted by Gasteiger charge is 2.59. The summed E-state index contributed by atoms with van der Waals surface area (Å²) in [6, 6.07) is 0. The van der Waals surface area contributed by atoms with Crippen molar-refractivity contribution < 1.29 is 19.1 Å². The number of fused-ring (bicyclic) bond motifs is 5. The number of esters is 1. The Morgan fingerprint density at radius 1 is 0.867 bits per heavy atom. The fraction of sp³-hybridized carbons (Fsp3) is 0.732. The zero-order valence-corrected chi connectivity index (χ0v) is 28.7. The predicted molar refractivity (Wildman–Crippen MR) is 185 cm³/mol. The number of unbranched alkanes of at least 4 members (excludes halogenated alkanes) is 11. The minimum absolute atomic E-state index is 0.0261. The van der Waals surface area contributed by atoms with Crippen LogP contribution in [-0.2, 0) is 19.1 Å². The van der Waals surface area contributed by atoms with Gasteiger partial charge in [-0.15, -0.1) is 13.2 Å². The van der Waals surface area contributed by atoms with Gasteiger partial charge in [-0.1, -0.05) is 89.0 Å². The average molecular weight is 619 g/mol. The molecule has 0 aromatic carbocycles. The molecule has 1 unspecified atom stereocenters. The molecule has 3 saturated carbocycles. The van der Waals surface area contributed by atoms with Gasteiger partial charge in [-0.25, -0.2) is 0 Å². The van der Waals surface area contributed by atoms with Crippen molar-refractivity contribution in [2.24, 2.45) is 34.5 Å². The lowest BCUT2D eigenvalue weighted by atomic mass is 9.48. The molecule has 4 rings (SSSR count). The van der Waals surface area contributed by atoms with Gasteiger partial charge in [0.05, 0.1) is 0 Å². The van der Waals surface area contributed by atoms with Crippen molar-refractivity contribution in [3.05, 3.63) is 49.1 Å². The van der Waals surface area contributed by atoms with E-state index in [-0.39, 0.29) is 34.5 Å². The number of allylic oxidation sites excluding steroid dienone is 6. The summed E-state index contributed by atoms with van der Waals surface area (Å²) in [5, 5.41) is 0. The highest BCUT2D eigenvalue weighted by Crippen LogP contribution is 2.65. The minimum Gasteiger partial charge on any atom is -0.461 e. The molecule has 0 bridgehead atoms. The number of ketones is 2. The lowest BCUT2D eigenvalue weighted by molar-refractivity contribution is -0.166. The minimum atomic E-state index is -0.615. The van der Waals surface area contributed by atoms with E-state index in [9.17, 15) is 14.4 Å². The van der Waals surface area contributed by atoms with Crippen molar-refractivity contribution in [1.29, 1.82) is 0 Å². The number of rotatable bonds is 20. The average Bonchev–Trinajstić information content (AvgIpc) is 3.35. The summed E-state index contributed by atoms with van der Waals surface area (Å²) in [6.45, 7) is 12.3. The number of carbonyl (C=O) groups excluding carboxylic acids is 3. The number of hydrogen-bond donors (Lipinski definition) is 0. The molecular weight excluding hydrogens is 556 g/mol. The lowest BCUT2D eigenvalue weighted by Gasteiger charge is -2.56. The molecule has 4 nitrogen and oxygen atoms in total. The van der Waals surface area contributed by atoms with Crippen LogP contribution in [-0.4, -0.2) is 23.6 Å². The van der Waals surface area contributed by atoms with Crippen molar-refractivity contribution in [2.75, 3.05) is 0 Å². The van der Waals surface area contributed by atoms with E-state index in [1.807, 2.05) is 18.2 Å². The third-order valence-corrected chi connectivity index (χ3v) is 12.4. The van der Waals surface area contributed by atoms with Crippen LogP contribution >= 0.6 is 0 Å². The number of Topliss-reactive ketones (excluding diaryl/α,β-unsaturated/α-hetero) is 1. The van der Waals surface area contributed by atoms with Gasteiger partial charge in [0.1, 0.15) is 17.8 Å². The van der Waals surface area contributed by atoms with Crippen molar-refractivity contribution in [3.8, 4) is 0 Å². The van der Waals surface area contributed by atoms with Gasteiger partial charge in [0, 0.05) is 17.3 Å². The summed E-state index contributed by atoms with van der Waals surface area (Å²) in [5.41, 5.74) is 1.25. The molecule has 3 fully saturated rings. The molecule has 0 heterocycles. The van der Waals surface area contributed by atoms with Crippen LogP contribution in [0.3, 0.4) is 0 Å². The van der Waals surface area contributed by atoms with E-state index in [1.54, 1.807) is 6.08 Å². The van der Waals surface area contributed by atoms with Gasteiger partial charge in [0.2, 0.25) is 0 Å². The zero-order valence-electron chi connectivity index (χ0n) is 28.7. The molecule has 0 N–H and O–H groups in total. The topological polar surface area (TPSA) is 60.4 Å². The largest absolute Gasteiger partial charge is 0.461 e. The Morgan fingerprint density at radius 2 is 1.51 bits per heavy atom. The molecule has 4 heteroatoms. The third-order valence-electron chi connectivity index (χ3n) is 12.4. The van der Waals surface area contributed by atoms with E-state index >= 15 is 0 Å². The van der Waals surface area contributed by atoms with Crippen LogP contribution < -0.4 is 0 Å². The summed E-state index contributed by atoms with van der Waals surface area (Å²) in [7, 11) is 0. The van der Waals surface area contributed by atoms with E-state index in [0.717, 1.165) is 96.3 Å². The number of ether oxygens (including phenoxy) is 1. The third kappa shape index (κ3) is 8.77. The second-order valence-corrected chi connectivity index (χ2v) is 15.3. The van der Waals surface area contributed by atoms with E-state index in [0.29, 0.717) is 30.6 Å². The Morgan fingerprint density at radius 3 is 2.20 bits per heavy atom. The first kappa shape index (κ1) is 35.6. The second-order valence-electron chi connectivity index (χ2n) is 15.3. The maximum atomic E-state index is 13.8. The predicted octanol–water partition coefficient (Wildman–Crippen LogP) is 10.6. The summed E-state index contributed by atoms with van der Waals surface area (Å²) >= 11 is 0. The molecular formula is C41H62O4. The second kappa shape index (κ2) is 17.1. The molecule has 0 amide bonds. The van der Waals surface area contributed by atoms with Gasteiger partial charge in [-0.2, -0.15) is 0 Å². The highest BCUT2D eigenvalue weighted by atomic mass is 16.5. The van der Waals surface area contributed by atoms with Gasteiger partial charge in [-0.3, -0.25) is 14.4 Å². The Bertz CT molecular complexity index is 1100. The van der Waals surface area contributed by atoms with Crippen molar-refractivity contribution in [1.82, 2.24) is 0 Å². The van der Waals surface area contributed by atoms with Crippen LogP contribution in [0.4, 0.5) is 0 Å². The molecule has 4 aliphatic rings. The number of hydrogen-bond acceptors (Lipinski definition) is 4. The van der Waals surface area contributed by atoms with Gasteiger partial charge < -0.3 is 4.74 Å². The van der Waals surface area contributed by atoms with Crippen LogP contribution in [0, 0.1) is 34.5 Å². The normalized spacial score (nSPS) is 30.9. The summed E-state index contributed by atoms with van der Waals surface area (Å²) in [6.07, 6.45) is 31.3. The van der Waals surface area contributed by atoms with Gasteiger partial charge in [0.25, 0.3) is 0 Å². The Kier molecular flexibility index (Phi) is 13.5. The highest BCUT2D eigenvalue weighted by molar-refractivity contribution is 6.01. The molecule has 0 aromatic heterocycles. The molecule has 0 saturated heterocycles. The van der Waals surface area contributed by atoms with Crippen LogP contribution in [0.25, 0.3) is 0 Å². The zero-order chi connectivity index (χ0) is 32.3. The summed E-state index contributed by atoms with van der Waals surface area (Å²) in [4.78, 5) is 39.5. The molecule has 0 aliphatic heterocycles. The molecule has 45 heavy (non-hydrogen) atoms. The first-order valence-electron chi connectivity index (χ1n) is 18.6. The Balaban J connectivity index is 1.34. The maximum Gasteiger partial charge on any atom is 0.316 e. The first-order valence-corrected chi connectivity index (χ1v) is 18.6. The van der Waals surface area contributed by atoms with Crippen LogP contribution in [0.15, 0.2) is 49.1 Å². The van der Waals surface area contributed by atoms with Gasteiger partial charge in [0.15, 0.2) is 5.78 Å². The Hall–Kier alpha value is -2.23. The Labute approximate surface area is 274 Å². The van der Waals surface area contributed by atoms with Crippen LogP contribution in [0.2, 0.25) is 0 Å². The van der Waals surface area contributed by atoms with Crippen molar-refractivity contribution in [3.63, 3.8) is 0 Å². The molecule has 7 atom stereocenters. The van der Waals surface area contributed by atoms with Gasteiger partial charge in [-0.05, 0) is 107 Å².